The van der Waals surface area contributed by atoms with Crippen molar-refractivity contribution in [1.29, 1.82) is 0 Å². The van der Waals surface area contributed by atoms with E-state index in [9.17, 15) is 0 Å². The molecule has 1 aromatic heterocycles. The quantitative estimate of drug-likeness (QED) is 0.469. The van der Waals surface area contributed by atoms with E-state index in [1.165, 1.54) is 0 Å². The van der Waals surface area contributed by atoms with Crippen molar-refractivity contribution < 1.29 is 14.7 Å². The predicted molar refractivity (Wildman–Crippen MR) is 49.3 cm³/mol. The molecule has 5 nitrogen and oxygen atoms in total. The van der Waals surface area contributed by atoms with E-state index in [1.54, 1.807) is 6.20 Å². The molecule has 0 radical (unpaired) electrons. The molecule has 3 N–H and O–H groups in total. The second-order valence-corrected chi connectivity index (χ2v) is 2.64. The van der Waals surface area contributed by atoms with Crippen LogP contribution in [0.2, 0.25) is 0 Å². The Morgan fingerprint density at radius 3 is 2.64 bits per heavy atom. The zero-order chi connectivity index (χ0) is 7.56. The van der Waals surface area contributed by atoms with Crippen LogP contribution in [0, 0.1) is 3.57 Å². The van der Waals surface area contributed by atoms with Crippen LogP contribution < -0.4 is 4.65 Å². The molecule has 0 saturated heterocycles. The van der Waals surface area contributed by atoms with Crippen molar-refractivity contribution in [3.05, 3.63) is 9.77 Å². The molecule has 0 aliphatic heterocycles. The van der Waals surface area contributed by atoms with Crippen LogP contribution in [0.25, 0.3) is 0 Å². The molecule has 0 unspecified atom stereocenters. The number of nitrogens with one attached hydrogen (secondary N) is 1. The van der Waals surface area contributed by atoms with Gasteiger partial charge in [-0.3, -0.25) is 5.10 Å². The van der Waals surface area contributed by atoms with E-state index in [4.69, 9.17) is 10.0 Å². The van der Waals surface area contributed by atoms with Crippen molar-refractivity contribution in [3.8, 4) is 5.88 Å². The molecule has 1 aromatic rings. The van der Waals surface area contributed by atoms with E-state index >= 15 is 0 Å². The summed E-state index contributed by atoms with van der Waals surface area (Å²) < 4.78 is 5.15. The molecule has 0 atom stereocenters. The molecule has 0 spiro atoms. The van der Waals surface area contributed by atoms with Gasteiger partial charge in [0.1, 0.15) is 0 Å². The molecule has 11 heavy (non-hydrogen) atoms. The minimum absolute atomic E-state index is 0. The number of hydrogen-bond acceptors (Lipinski definition) is 4. The van der Waals surface area contributed by atoms with Crippen LogP contribution in [-0.4, -0.2) is 79.0 Å². The van der Waals surface area contributed by atoms with Crippen LogP contribution in [0.3, 0.4) is 0 Å². The summed E-state index contributed by atoms with van der Waals surface area (Å²) in [4.78, 5) is 0. The third-order valence-electron chi connectivity index (χ3n) is 0.779. The predicted octanol–water partition coefficient (Wildman–Crippen LogP) is -1.29. The molecule has 0 fully saturated rings. The summed E-state index contributed by atoms with van der Waals surface area (Å²) in [5.74, 6) is 0.190. The molecular formula is C3H5BIKN2O3. The van der Waals surface area contributed by atoms with E-state index < -0.39 is 7.32 Å². The Morgan fingerprint density at radius 1 is 1.64 bits per heavy atom. The number of H-pyrrole nitrogens is 1. The van der Waals surface area contributed by atoms with Crippen molar-refractivity contribution in [2.24, 2.45) is 0 Å². The summed E-state index contributed by atoms with van der Waals surface area (Å²) >= 11 is 1.95. The fourth-order valence-corrected chi connectivity index (χ4v) is 0.832. The van der Waals surface area contributed by atoms with Gasteiger partial charge in [-0.1, -0.05) is 0 Å². The summed E-state index contributed by atoms with van der Waals surface area (Å²) in [5, 5.41) is 22.7. The van der Waals surface area contributed by atoms with E-state index in [0.717, 1.165) is 0 Å². The first kappa shape index (κ1) is 12.4. The van der Waals surface area contributed by atoms with E-state index in [1.807, 2.05) is 22.6 Å². The third kappa shape index (κ3) is 4.22. The van der Waals surface area contributed by atoms with Gasteiger partial charge < -0.3 is 14.7 Å². The van der Waals surface area contributed by atoms with Crippen molar-refractivity contribution >= 4 is 81.3 Å². The summed E-state index contributed by atoms with van der Waals surface area (Å²) in [7, 11) is -1.81. The Labute approximate surface area is 120 Å². The topological polar surface area (TPSA) is 78.4 Å². The van der Waals surface area contributed by atoms with Gasteiger partial charge in [-0.25, -0.2) is 0 Å². The van der Waals surface area contributed by atoms with Gasteiger partial charge in [0.05, 0.1) is 3.57 Å². The Balaban J connectivity index is 0.000001000. The monoisotopic (exact) mass is 294 g/mol. The zero-order valence-corrected chi connectivity index (χ0v) is 6.94. The number of aromatic nitrogens is 2. The second-order valence-electron chi connectivity index (χ2n) is 1.48. The molecule has 0 amide bonds. The number of halogens is 1. The minimum atomic E-state index is -1.81. The van der Waals surface area contributed by atoms with Crippen LogP contribution in [0.5, 0.6) is 5.88 Å². The van der Waals surface area contributed by atoms with Gasteiger partial charge in [0, 0.05) is 6.20 Å². The van der Waals surface area contributed by atoms with Crippen molar-refractivity contribution in [2.45, 2.75) is 0 Å². The molecule has 0 aliphatic carbocycles. The maximum absolute atomic E-state index is 8.32. The fourth-order valence-electron chi connectivity index (χ4n) is 0.445. The summed E-state index contributed by atoms with van der Waals surface area (Å²) in [6, 6.07) is 0. The average molecular weight is 294 g/mol. The van der Waals surface area contributed by atoms with Crippen molar-refractivity contribution in [2.75, 3.05) is 0 Å². The van der Waals surface area contributed by atoms with E-state index in [0.29, 0.717) is 3.57 Å². The van der Waals surface area contributed by atoms with Gasteiger partial charge >= 0.3 is 58.7 Å². The van der Waals surface area contributed by atoms with Gasteiger partial charge in [0.15, 0.2) is 0 Å². The van der Waals surface area contributed by atoms with Crippen LogP contribution in [-0.2, 0) is 0 Å². The van der Waals surface area contributed by atoms with Gasteiger partial charge in [-0.05, 0) is 22.6 Å². The molecule has 0 bridgehead atoms. The van der Waals surface area contributed by atoms with Crippen molar-refractivity contribution in [1.82, 2.24) is 10.2 Å². The number of aromatic amines is 1. The number of nitrogens with zero attached hydrogens (tertiary/aromatic N) is 1. The van der Waals surface area contributed by atoms with Gasteiger partial charge in [0.25, 0.3) is 0 Å². The normalized spacial score (nSPS) is 8.64. The Morgan fingerprint density at radius 2 is 2.27 bits per heavy atom. The first-order chi connectivity index (χ1) is 4.70. The zero-order valence-electron chi connectivity index (χ0n) is 4.78. The Kier molecular flexibility index (Phi) is 6.65. The van der Waals surface area contributed by atoms with Crippen LogP contribution in [0.15, 0.2) is 6.20 Å². The molecule has 8 heteroatoms. The summed E-state index contributed by atoms with van der Waals surface area (Å²) in [5.41, 5.74) is 0. The van der Waals surface area contributed by atoms with E-state index in [-0.39, 0.29) is 57.3 Å². The average Bonchev–Trinajstić information content (AvgIpc) is 2.15. The standard InChI is InChI=1S/C3H4BIN2O3.K.H/c5-2-1-6-7-3(2)10-4(8)9;;/h1,8-9H,(H,6,7);;. The molecule has 56 valence electrons. The Bertz CT molecular complexity index is 220. The second kappa shape index (κ2) is 5.91. The summed E-state index contributed by atoms with van der Waals surface area (Å²) in [6.45, 7) is 0. The summed E-state index contributed by atoms with van der Waals surface area (Å²) in [6.07, 6.45) is 1.58. The first-order valence-corrected chi connectivity index (χ1v) is 3.50. The maximum atomic E-state index is 8.32. The molecule has 1 heterocycles. The van der Waals surface area contributed by atoms with E-state index in [2.05, 4.69) is 14.9 Å². The number of hydrogen-bond donors (Lipinski definition) is 3. The van der Waals surface area contributed by atoms with Gasteiger partial charge in [0.2, 0.25) is 5.88 Å². The van der Waals surface area contributed by atoms with Crippen LogP contribution >= 0.6 is 22.6 Å². The molecule has 1 rings (SSSR count). The molecule has 0 saturated carbocycles. The molecular weight excluding hydrogens is 289 g/mol. The SMILES string of the molecule is OB(O)Oc1n[nH]cc1I.[KH]. The van der Waals surface area contributed by atoms with Gasteiger partial charge in [-0.2, -0.15) is 0 Å². The number of rotatable bonds is 2. The first-order valence-electron chi connectivity index (χ1n) is 2.42. The van der Waals surface area contributed by atoms with Crippen molar-refractivity contribution in [3.63, 3.8) is 0 Å². The molecule has 0 aliphatic rings. The Hall–Kier alpha value is 1.36. The third-order valence-corrected chi connectivity index (χ3v) is 1.55. The van der Waals surface area contributed by atoms with Crippen LogP contribution in [0.4, 0.5) is 0 Å². The molecule has 0 aromatic carbocycles. The van der Waals surface area contributed by atoms with Crippen LogP contribution in [0.1, 0.15) is 0 Å². The fraction of sp³-hybridized carbons (Fsp3) is 0. The van der Waals surface area contributed by atoms with Gasteiger partial charge in [-0.15, -0.1) is 5.10 Å².